The van der Waals surface area contributed by atoms with E-state index in [4.69, 9.17) is 4.98 Å². The van der Waals surface area contributed by atoms with Gasteiger partial charge in [0.25, 0.3) is 0 Å². The number of nitrogens with zero attached hydrogens (tertiary/aromatic N) is 5. The van der Waals surface area contributed by atoms with Crippen LogP contribution in [0.15, 0.2) is 53.7 Å². The van der Waals surface area contributed by atoms with Gasteiger partial charge in [0.1, 0.15) is 4.90 Å². The van der Waals surface area contributed by atoms with Crippen molar-refractivity contribution in [1.29, 1.82) is 0 Å². The second-order valence-corrected chi connectivity index (χ2v) is 10.5. The number of sulfonamides is 1. The number of piperidine rings is 1. The first-order valence-electron chi connectivity index (χ1n) is 11.4. The number of benzene rings is 1. The zero-order valence-corrected chi connectivity index (χ0v) is 19.2. The molecule has 2 saturated heterocycles. The third-order valence-corrected chi connectivity index (χ3v) is 8.44. The quantitative estimate of drug-likeness (QED) is 0.629. The Morgan fingerprint density at radius 2 is 1.79 bits per heavy atom. The minimum absolute atomic E-state index is 0.136. The molecule has 0 bridgehead atoms. The number of rotatable bonds is 4. The molecule has 0 aliphatic carbocycles. The van der Waals surface area contributed by atoms with E-state index in [1.807, 2.05) is 29.2 Å². The summed E-state index contributed by atoms with van der Waals surface area (Å²) in [6, 6.07) is 11.1. The second kappa shape index (κ2) is 9.11. The summed E-state index contributed by atoms with van der Waals surface area (Å²) in [6.07, 6.45) is 4.89. The Balaban J connectivity index is 1.18. The fraction of sp³-hybridized carbons (Fsp3) is 0.435. The van der Waals surface area contributed by atoms with E-state index < -0.39 is 10.0 Å². The number of aromatic amines is 1. The Morgan fingerprint density at radius 1 is 0.970 bits per heavy atom. The first-order chi connectivity index (χ1) is 16.0. The van der Waals surface area contributed by atoms with Gasteiger partial charge in [0.15, 0.2) is 0 Å². The lowest BCUT2D eigenvalue weighted by Crippen LogP contribution is -2.45. The molecule has 3 aromatic rings. The number of carbonyl (C=O) groups excluding carboxylic acids is 1. The smallest absolute Gasteiger partial charge is 0.244 e. The molecule has 0 unspecified atom stereocenters. The number of hydrogen-bond donors (Lipinski definition) is 1. The number of hydrogen-bond acceptors (Lipinski definition) is 6. The summed E-state index contributed by atoms with van der Waals surface area (Å²) in [4.78, 5) is 29.6. The number of imidazole rings is 1. The average Bonchev–Trinajstić information content (AvgIpc) is 3.13. The van der Waals surface area contributed by atoms with Gasteiger partial charge >= 0.3 is 0 Å². The fourth-order valence-corrected chi connectivity index (χ4v) is 6.12. The Kier molecular flexibility index (Phi) is 6.03. The lowest BCUT2D eigenvalue weighted by atomic mass is 9.96. The van der Waals surface area contributed by atoms with Crippen LogP contribution in [0.5, 0.6) is 0 Å². The Bertz CT molecular complexity index is 1190. The van der Waals surface area contributed by atoms with Crippen molar-refractivity contribution < 1.29 is 13.2 Å². The predicted octanol–water partition coefficient (Wildman–Crippen LogP) is 2.10. The van der Waals surface area contributed by atoms with E-state index in [1.165, 1.54) is 10.5 Å². The molecule has 10 heteroatoms. The van der Waals surface area contributed by atoms with Crippen molar-refractivity contribution in [2.45, 2.75) is 24.2 Å². The van der Waals surface area contributed by atoms with Crippen molar-refractivity contribution in [2.24, 2.45) is 5.92 Å². The molecule has 0 atom stereocenters. The molecule has 0 radical (unpaired) electrons. The largest absolute Gasteiger partial charge is 0.341 e. The maximum absolute atomic E-state index is 13.2. The van der Waals surface area contributed by atoms with Crippen molar-refractivity contribution in [3.63, 3.8) is 0 Å². The molecule has 174 valence electrons. The molecule has 2 fully saturated rings. The van der Waals surface area contributed by atoms with Gasteiger partial charge in [0.05, 0.1) is 11.0 Å². The topological polar surface area (TPSA) is 102 Å². The second-order valence-electron chi connectivity index (χ2n) is 8.61. The van der Waals surface area contributed by atoms with Crippen LogP contribution >= 0.6 is 0 Å². The number of H-pyrrole nitrogens is 1. The summed E-state index contributed by atoms with van der Waals surface area (Å²) in [6.45, 7) is 3.62. The number of amides is 1. The molecule has 9 nitrogen and oxygen atoms in total. The normalized spacial score (nSPS) is 19.0. The summed E-state index contributed by atoms with van der Waals surface area (Å²) in [5, 5.41) is 0. The highest BCUT2D eigenvalue weighted by atomic mass is 32.2. The molecule has 2 aliphatic rings. The maximum atomic E-state index is 13.2. The van der Waals surface area contributed by atoms with Crippen LogP contribution in [-0.2, 0) is 14.8 Å². The number of para-hydroxylation sites is 2. The van der Waals surface area contributed by atoms with Crippen LogP contribution < -0.4 is 4.90 Å². The number of anilines is 1. The lowest BCUT2D eigenvalue weighted by molar-refractivity contribution is -0.136. The zero-order chi connectivity index (χ0) is 22.8. The van der Waals surface area contributed by atoms with Gasteiger partial charge in [-0.3, -0.25) is 9.78 Å². The van der Waals surface area contributed by atoms with Crippen LogP contribution in [-0.4, -0.2) is 77.8 Å². The van der Waals surface area contributed by atoms with E-state index in [-0.39, 0.29) is 16.7 Å². The Hall–Kier alpha value is -2.98. The number of aromatic nitrogens is 3. The van der Waals surface area contributed by atoms with Crippen molar-refractivity contribution in [1.82, 2.24) is 24.2 Å². The van der Waals surface area contributed by atoms with Gasteiger partial charge in [0, 0.05) is 57.6 Å². The maximum Gasteiger partial charge on any atom is 0.244 e. The van der Waals surface area contributed by atoms with Crippen molar-refractivity contribution in [2.75, 3.05) is 44.2 Å². The van der Waals surface area contributed by atoms with Gasteiger partial charge in [0.2, 0.25) is 21.9 Å². The third kappa shape index (κ3) is 4.45. The summed E-state index contributed by atoms with van der Waals surface area (Å²) < 4.78 is 27.1. The van der Waals surface area contributed by atoms with E-state index in [0.717, 1.165) is 36.5 Å². The summed E-state index contributed by atoms with van der Waals surface area (Å²) in [5.74, 6) is 0.849. The number of carbonyl (C=O) groups is 1. The van der Waals surface area contributed by atoms with Crippen LogP contribution in [0.25, 0.3) is 11.0 Å². The Labute approximate surface area is 193 Å². The molecule has 2 aromatic heterocycles. The van der Waals surface area contributed by atoms with Crippen molar-refractivity contribution in [3.8, 4) is 0 Å². The highest BCUT2D eigenvalue weighted by molar-refractivity contribution is 7.89. The highest BCUT2D eigenvalue weighted by Gasteiger charge is 2.34. The van der Waals surface area contributed by atoms with E-state index >= 15 is 0 Å². The molecule has 2 aliphatic heterocycles. The lowest BCUT2D eigenvalue weighted by Gasteiger charge is -2.33. The number of pyridine rings is 1. The van der Waals surface area contributed by atoms with E-state index in [2.05, 4.69) is 14.9 Å². The fourth-order valence-electron chi connectivity index (χ4n) is 4.69. The van der Waals surface area contributed by atoms with Gasteiger partial charge in [-0.1, -0.05) is 12.1 Å². The predicted molar refractivity (Wildman–Crippen MR) is 125 cm³/mol. The SMILES string of the molecule is O=C(C1CCN(S(=O)(=O)c2cccnc2)CC1)N1CCCN(c2nc3ccccc3[nH]2)CC1. The highest BCUT2D eigenvalue weighted by Crippen LogP contribution is 2.26. The van der Waals surface area contributed by atoms with Crippen LogP contribution in [0.3, 0.4) is 0 Å². The van der Waals surface area contributed by atoms with Gasteiger partial charge in [-0.05, 0) is 43.5 Å². The van der Waals surface area contributed by atoms with E-state index in [1.54, 1.807) is 18.3 Å². The van der Waals surface area contributed by atoms with E-state index in [0.29, 0.717) is 39.0 Å². The molecular weight excluding hydrogens is 440 g/mol. The van der Waals surface area contributed by atoms with Crippen LogP contribution in [0.4, 0.5) is 5.95 Å². The number of fused-ring (bicyclic) bond motifs is 1. The van der Waals surface area contributed by atoms with Crippen LogP contribution in [0.1, 0.15) is 19.3 Å². The molecule has 5 rings (SSSR count). The average molecular weight is 469 g/mol. The molecule has 0 spiro atoms. The van der Waals surface area contributed by atoms with Gasteiger partial charge < -0.3 is 14.8 Å². The number of nitrogens with one attached hydrogen (secondary N) is 1. The summed E-state index contributed by atoms with van der Waals surface area (Å²) in [5.41, 5.74) is 1.95. The summed E-state index contributed by atoms with van der Waals surface area (Å²) >= 11 is 0. The van der Waals surface area contributed by atoms with Gasteiger partial charge in [-0.2, -0.15) is 4.31 Å². The molecule has 33 heavy (non-hydrogen) atoms. The molecule has 1 N–H and O–H groups in total. The minimum atomic E-state index is -3.56. The molecule has 1 amide bonds. The zero-order valence-electron chi connectivity index (χ0n) is 18.4. The Morgan fingerprint density at radius 3 is 2.55 bits per heavy atom. The van der Waals surface area contributed by atoms with Crippen molar-refractivity contribution >= 4 is 32.9 Å². The van der Waals surface area contributed by atoms with Gasteiger partial charge in [-0.25, -0.2) is 13.4 Å². The molecule has 4 heterocycles. The third-order valence-electron chi connectivity index (χ3n) is 6.56. The van der Waals surface area contributed by atoms with Crippen LogP contribution in [0, 0.1) is 5.92 Å². The molecular formula is C23H28N6O3S. The monoisotopic (exact) mass is 468 g/mol. The molecule has 0 saturated carbocycles. The first-order valence-corrected chi connectivity index (χ1v) is 12.8. The van der Waals surface area contributed by atoms with Gasteiger partial charge in [-0.15, -0.1) is 0 Å². The first kappa shape index (κ1) is 21.8. The van der Waals surface area contributed by atoms with Crippen molar-refractivity contribution in [3.05, 3.63) is 48.8 Å². The minimum Gasteiger partial charge on any atom is -0.341 e. The standard InChI is InChI=1S/C23H28N6O3S/c30-22(18-8-13-29(14-9-18)33(31,32)19-5-3-10-24-17-19)27-11-4-12-28(16-15-27)23-25-20-6-1-2-7-21(20)26-23/h1-3,5-7,10,17-18H,4,8-9,11-16H2,(H,25,26). The molecule has 1 aromatic carbocycles. The van der Waals surface area contributed by atoms with E-state index in [9.17, 15) is 13.2 Å². The summed E-state index contributed by atoms with van der Waals surface area (Å²) in [7, 11) is -3.56. The van der Waals surface area contributed by atoms with Crippen LogP contribution in [0.2, 0.25) is 0 Å².